The molecule has 1 aromatic carbocycles. The van der Waals surface area contributed by atoms with Crippen molar-refractivity contribution in [2.24, 2.45) is 5.92 Å². The minimum absolute atomic E-state index is 0.101. The van der Waals surface area contributed by atoms with Crippen molar-refractivity contribution in [3.05, 3.63) is 42.5 Å². The molecule has 6 nitrogen and oxygen atoms in total. The van der Waals surface area contributed by atoms with Gasteiger partial charge in [-0.25, -0.2) is 9.97 Å². The molecule has 7 heteroatoms. The van der Waals surface area contributed by atoms with Crippen molar-refractivity contribution in [3.8, 4) is 0 Å². The molecule has 1 fully saturated rings. The lowest BCUT2D eigenvalue weighted by Gasteiger charge is -2.31. The van der Waals surface area contributed by atoms with Crippen LogP contribution in [0.3, 0.4) is 0 Å². The number of carbonyl (C=O) groups excluding carboxylic acids is 1. The normalized spacial score (nSPS) is 15.5. The lowest BCUT2D eigenvalue weighted by atomic mass is 9.96. The summed E-state index contributed by atoms with van der Waals surface area (Å²) < 4.78 is 3.27. The van der Waals surface area contributed by atoms with Crippen LogP contribution >= 0.6 is 11.3 Å². The molecule has 1 aliphatic rings. The summed E-state index contributed by atoms with van der Waals surface area (Å²) in [6.07, 6.45) is 5.49. The van der Waals surface area contributed by atoms with Gasteiger partial charge < -0.3 is 14.8 Å². The van der Waals surface area contributed by atoms with E-state index < -0.39 is 0 Å². The number of benzene rings is 1. The number of piperidine rings is 1. The Bertz CT molecular complexity index is 861. The van der Waals surface area contributed by atoms with Crippen LogP contribution in [-0.2, 0) is 11.3 Å². The number of para-hydroxylation sites is 1. The van der Waals surface area contributed by atoms with Gasteiger partial charge in [-0.2, -0.15) is 0 Å². The Labute approximate surface area is 156 Å². The second-order valence-corrected chi connectivity index (χ2v) is 7.69. The summed E-state index contributed by atoms with van der Waals surface area (Å²) >= 11 is 1.73. The van der Waals surface area contributed by atoms with Gasteiger partial charge in [0.2, 0.25) is 5.91 Å². The summed E-state index contributed by atoms with van der Waals surface area (Å²) in [7, 11) is 0. The molecule has 1 amide bonds. The first-order valence-corrected chi connectivity index (χ1v) is 9.88. The van der Waals surface area contributed by atoms with Crippen LogP contribution in [0.25, 0.3) is 10.2 Å². The summed E-state index contributed by atoms with van der Waals surface area (Å²) in [6, 6.07) is 8.23. The van der Waals surface area contributed by atoms with E-state index in [2.05, 4.69) is 31.9 Å². The molecule has 2 aromatic heterocycles. The number of carbonyl (C=O) groups is 1. The molecule has 0 bridgehead atoms. The number of nitrogens with one attached hydrogen (secondary N) is 1. The summed E-state index contributed by atoms with van der Waals surface area (Å²) in [4.78, 5) is 23.7. The molecular formula is C19H23N5OS. The summed E-state index contributed by atoms with van der Waals surface area (Å²) in [6.45, 7) is 5.16. The zero-order valence-corrected chi connectivity index (χ0v) is 15.7. The fourth-order valence-corrected chi connectivity index (χ4v) is 4.43. The van der Waals surface area contributed by atoms with E-state index in [-0.39, 0.29) is 11.8 Å². The third kappa shape index (κ3) is 3.58. The number of imidazole rings is 1. The summed E-state index contributed by atoms with van der Waals surface area (Å²) in [5, 5.41) is 4.14. The fraction of sp³-hybridized carbons (Fsp3) is 0.421. The van der Waals surface area contributed by atoms with Gasteiger partial charge in [0.1, 0.15) is 5.82 Å². The van der Waals surface area contributed by atoms with Gasteiger partial charge in [0.25, 0.3) is 0 Å². The molecule has 1 aliphatic heterocycles. The Morgan fingerprint density at radius 1 is 1.31 bits per heavy atom. The van der Waals surface area contributed by atoms with Crippen LogP contribution in [0, 0.1) is 12.8 Å². The van der Waals surface area contributed by atoms with E-state index in [0.29, 0.717) is 6.54 Å². The van der Waals surface area contributed by atoms with E-state index in [1.165, 1.54) is 4.70 Å². The maximum absolute atomic E-state index is 12.4. The van der Waals surface area contributed by atoms with Crippen LogP contribution in [0.15, 0.2) is 36.7 Å². The number of nitrogens with zero attached hydrogens (tertiary/aromatic N) is 4. The number of hydrogen-bond acceptors (Lipinski definition) is 5. The van der Waals surface area contributed by atoms with Crippen LogP contribution in [0.4, 0.5) is 5.13 Å². The zero-order valence-electron chi connectivity index (χ0n) is 14.9. The number of aryl methyl sites for hydroxylation is 1. The molecule has 0 unspecified atom stereocenters. The number of fused-ring (bicyclic) bond motifs is 1. The van der Waals surface area contributed by atoms with Crippen LogP contribution in [0.2, 0.25) is 0 Å². The number of aromatic nitrogens is 3. The molecule has 3 heterocycles. The van der Waals surface area contributed by atoms with Crippen molar-refractivity contribution in [1.29, 1.82) is 0 Å². The van der Waals surface area contributed by atoms with Crippen LogP contribution in [-0.4, -0.2) is 40.1 Å². The largest absolute Gasteiger partial charge is 0.354 e. The molecule has 1 saturated heterocycles. The monoisotopic (exact) mass is 369 g/mol. The molecule has 1 N–H and O–H groups in total. The Hall–Kier alpha value is -2.41. The van der Waals surface area contributed by atoms with E-state index in [4.69, 9.17) is 4.98 Å². The highest BCUT2D eigenvalue weighted by Gasteiger charge is 2.26. The van der Waals surface area contributed by atoms with Gasteiger partial charge in [-0.3, -0.25) is 4.79 Å². The number of hydrogen-bond donors (Lipinski definition) is 1. The highest BCUT2D eigenvalue weighted by Crippen LogP contribution is 2.31. The molecule has 0 aliphatic carbocycles. The summed E-state index contributed by atoms with van der Waals surface area (Å²) in [5.41, 5.74) is 1.06. The standard InChI is InChI=1S/C19H23N5OS/c1-14-20-8-12-23(14)13-9-21-18(25)15-6-10-24(11-7-15)19-22-16-4-2-3-5-17(16)26-19/h2-5,8,12,15H,6-7,9-11,13H2,1H3,(H,21,25). The molecule has 0 saturated carbocycles. The lowest BCUT2D eigenvalue weighted by molar-refractivity contribution is -0.125. The first-order valence-electron chi connectivity index (χ1n) is 9.06. The minimum Gasteiger partial charge on any atom is -0.354 e. The second kappa shape index (κ2) is 7.45. The quantitative estimate of drug-likeness (QED) is 0.751. The molecule has 3 aromatic rings. The van der Waals surface area contributed by atoms with E-state index in [1.807, 2.05) is 25.3 Å². The highest BCUT2D eigenvalue weighted by atomic mass is 32.1. The van der Waals surface area contributed by atoms with E-state index in [1.54, 1.807) is 17.5 Å². The van der Waals surface area contributed by atoms with Gasteiger partial charge in [0.05, 0.1) is 10.2 Å². The number of rotatable bonds is 5. The Balaban J connectivity index is 1.27. The fourth-order valence-electron chi connectivity index (χ4n) is 3.41. The number of anilines is 1. The predicted molar refractivity (Wildman–Crippen MR) is 105 cm³/mol. The van der Waals surface area contributed by atoms with Crippen LogP contribution < -0.4 is 10.2 Å². The van der Waals surface area contributed by atoms with Crippen LogP contribution in [0.5, 0.6) is 0 Å². The van der Waals surface area contributed by atoms with Crippen molar-refractivity contribution in [3.63, 3.8) is 0 Å². The van der Waals surface area contributed by atoms with E-state index >= 15 is 0 Å². The molecule has 26 heavy (non-hydrogen) atoms. The zero-order chi connectivity index (χ0) is 17.9. The van der Waals surface area contributed by atoms with Gasteiger partial charge in [0.15, 0.2) is 5.13 Å². The van der Waals surface area contributed by atoms with Crippen molar-refractivity contribution < 1.29 is 4.79 Å². The maximum atomic E-state index is 12.4. The Kier molecular flexibility index (Phi) is 4.88. The Morgan fingerprint density at radius 3 is 2.85 bits per heavy atom. The molecule has 0 atom stereocenters. The molecule has 0 spiro atoms. The smallest absolute Gasteiger partial charge is 0.223 e. The van der Waals surface area contributed by atoms with Crippen LogP contribution in [0.1, 0.15) is 18.7 Å². The Morgan fingerprint density at radius 2 is 2.12 bits per heavy atom. The number of thiazole rings is 1. The highest BCUT2D eigenvalue weighted by molar-refractivity contribution is 7.22. The van der Waals surface area contributed by atoms with Gasteiger partial charge in [-0.15, -0.1) is 0 Å². The summed E-state index contributed by atoms with van der Waals surface area (Å²) in [5.74, 6) is 1.25. The molecule has 136 valence electrons. The first kappa shape index (κ1) is 17.0. The van der Waals surface area contributed by atoms with Gasteiger partial charge in [-0.1, -0.05) is 23.5 Å². The van der Waals surface area contributed by atoms with Crippen molar-refractivity contribution in [2.75, 3.05) is 24.5 Å². The average Bonchev–Trinajstić information content (AvgIpc) is 3.28. The average molecular weight is 369 g/mol. The van der Waals surface area contributed by atoms with Gasteiger partial charge in [0, 0.05) is 44.5 Å². The lowest BCUT2D eigenvalue weighted by Crippen LogP contribution is -2.41. The topological polar surface area (TPSA) is 63.1 Å². The minimum atomic E-state index is 0.101. The molecule has 4 rings (SSSR count). The second-order valence-electron chi connectivity index (χ2n) is 6.68. The SMILES string of the molecule is Cc1nccn1CCNC(=O)C1CCN(c2nc3ccccc3s2)CC1. The third-order valence-corrected chi connectivity index (χ3v) is 6.09. The van der Waals surface area contributed by atoms with E-state index in [9.17, 15) is 4.79 Å². The van der Waals surface area contributed by atoms with Crippen molar-refractivity contribution in [2.45, 2.75) is 26.3 Å². The maximum Gasteiger partial charge on any atom is 0.223 e. The van der Waals surface area contributed by atoms with E-state index in [0.717, 1.165) is 48.9 Å². The van der Waals surface area contributed by atoms with Crippen molar-refractivity contribution >= 4 is 32.6 Å². The molecule has 0 radical (unpaired) electrons. The molecular weight excluding hydrogens is 346 g/mol. The first-order chi connectivity index (χ1) is 12.7. The third-order valence-electron chi connectivity index (χ3n) is 4.99. The van der Waals surface area contributed by atoms with Crippen molar-refractivity contribution in [1.82, 2.24) is 19.9 Å². The van der Waals surface area contributed by atoms with Gasteiger partial charge >= 0.3 is 0 Å². The number of amides is 1. The predicted octanol–water partition coefficient (Wildman–Crippen LogP) is 2.83. The van der Waals surface area contributed by atoms with Gasteiger partial charge in [-0.05, 0) is 31.9 Å².